The van der Waals surface area contributed by atoms with Gasteiger partial charge in [0, 0.05) is 42.5 Å². The summed E-state index contributed by atoms with van der Waals surface area (Å²) >= 11 is 0. The summed E-state index contributed by atoms with van der Waals surface area (Å²) in [7, 11) is 1.80. The van der Waals surface area contributed by atoms with Crippen LogP contribution < -0.4 is 20.3 Å². The SMILES string of the molecule is CNc1cc(F)c2c3c1[nH]c1nc(Oc4cnc(C)nc4)nc(c13)N1[C@H]3CCNC[C@H]3[C@@H]1C2. The number of ether oxygens (including phenoxy) is 1. The van der Waals surface area contributed by atoms with Crippen molar-refractivity contribution in [3.05, 3.63) is 35.7 Å². The molecule has 10 heteroatoms. The first-order chi connectivity index (χ1) is 16.1. The zero-order chi connectivity index (χ0) is 22.3. The molecule has 3 atom stereocenters. The summed E-state index contributed by atoms with van der Waals surface area (Å²) in [6.45, 7) is 3.73. The lowest BCUT2D eigenvalue weighted by Gasteiger charge is -2.58. The van der Waals surface area contributed by atoms with E-state index in [1.165, 1.54) is 0 Å². The van der Waals surface area contributed by atoms with E-state index in [-0.39, 0.29) is 17.9 Å². The second kappa shape index (κ2) is 6.74. The molecule has 6 heterocycles. The highest BCUT2D eigenvalue weighted by molar-refractivity contribution is 6.16. The Kier molecular flexibility index (Phi) is 3.88. The van der Waals surface area contributed by atoms with Crippen molar-refractivity contribution in [3.8, 4) is 11.8 Å². The van der Waals surface area contributed by atoms with Gasteiger partial charge in [0.05, 0.1) is 29.0 Å². The summed E-state index contributed by atoms with van der Waals surface area (Å²) in [5.41, 5.74) is 2.92. The van der Waals surface area contributed by atoms with Crippen LogP contribution in [0.15, 0.2) is 18.5 Å². The molecule has 7 rings (SSSR count). The van der Waals surface area contributed by atoms with E-state index in [0.717, 1.165) is 47.2 Å². The Morgan fingerprint density at radius 2 is 2.03 bits per heavy atom. The Labute approximate surface area is 188 Å². The number of anilines is 2. The predicted octanol–water partition coefficient (Wildman–Crippen LogP) is 2.91. The summed E-state index contributed by atoms with van der Waals surface area (Å²) in [6.07, 6.45) is 4.89. The lowest BCUT2D eigenvalue weighted by atomic mass is 9.74. The van der Waals surface area contributed by atoms with Crippen molar-refractivity contribution in [2.24, 2.45) is 5.92 Å². The van der Waals surface area contributed by atoms with Crippen molar-refractivity contribution in [1.29, 1.82) is 0 Å². The van der Waals surface area contributed by atoms with Crippen molar-refractivity contribution in [2.45, 2.75) is 31.8 Å². The number of aromatic amines is 1. The van der Waals surface area contributed by atoms with Gasteiger partial charge < -0.3 is 25.3 Å². The molecule has 3 aromatic heterocycles. The average Bonchev–Trinajstić information content (AvgIpc) is 3.13. The summed E-state index contributed by atoms with van der Waals surface area (Å²) in [5.74, 6) is 2.22. The minimum absolute atomic E-state index is 0.182. The maximum absolute atomic E-state index is 15.4. The molecule has 4 aromatic rings. The number of nitrogens with one attached hydrogen (secondary N) is 3. The maximum atomic E-state index is 15.4. The first kappa shape index (κ1) is 19.0. The van der Waals surface area contributed by atoms with Crippen LogP contribution in [0.1, 0.15) is 17.8 Å². The van der Waals surface area contributed by atoms with E-state index in [1.807, 2.05) is 6.92 Å². The highest BCUT2D eigenvalue weighted by Gasteiger charge is 2.52. The van der Waals surface area contributed by atoms with E-state index < -0.39 is 0 Å². The molecule has 0 saturated carbocycles. The molecule has 0 bridgehead atoms. The van der Waals surface area contributed by atoms with Crippen LogP contribution in [-0.2, 0) is 6.42 Å². The molecule has 0 unspecified atom stereocenters. The third-order valence-corrected chi connectivity index (χ3v) is 7.34. The standard InChI is InChI=1S/C23H23FN8O/c1-10-27-7-11(8-28-10)33-23-30-21-19-18-12(14(24)6-15(25-2)20(18)29-21)5-17-13-9-26-4-3-16(13)32(17)22(19)31-23/h6-8,13,16-17,25-26H,3-5,9H2,1-2H3,(H,29,30,31)/t13-,16+,17+/m1/s1. The highest BCUT2D eigenvalue weighted by Crippen LogP contribution is 2.50. The van der Waals surface area contributed by atoms with Crippen molar-refractivity contribution in [3.63, 3.8) is 0 Å². The number of benzene rings is 1. The van der Waals surface area contributed by atoms with E-state index in [0.29, 0.717) is 41.3 Å². The second-order valence-electron chi connectivity index (χ2n) is 9.03. The maximum Gasteiger partial charge on any atom is 0.326 e. The van der Waals surface area contributed by atoms with Gasteiger partial charge in [0.15, 0.2) is 5.75 Å². The molecule has 2 saturated heterocycles. The monoisotopic (exact) mass is 446 g/mol. The second-order valence-corrected chi connectivity index (χ2v) is 9.03. The topological polar surface area (TPSA) is 104 Å². The van der Waals surface area contributed by atoms with Gasteiger partial charge in [0.1, 0.15) is 23.1 Å². The molecule has 2 fully saturated rings. The Hall–Kier alpha value is -3.53. The number of hydrogen-bond acceptors (Lipinski definition) is 8. The van der Waals surface area contributed by atoms with E-state index in [9.17, 15) is 0 Å². The Morgan fingerprint density at radius 3 is 2.85 bits per heavy atom. The predicted molar refractivity (Wildman–Crippen MR) is 122 cm³/mol. The fourth-order valence-electron chi connectivity index (χ4n) is 5.86. The van der Waals surface area contributed by atoms with Crippen LogP contribution in [-0.4, -0.2) is 57.1 Å². The Balaban J connectivity index is 1.47. The van der Waals surface area contributed by atoms with E-state index >= 15 is 4.39 Å². The fourth-order valence-corrected chi connectivity index (χ4v) is 5.86. The van der Waals surface area contributed by atoms with Crippen LogP contribution in [0, 0.1) is 18.7 Å². The molecule has 0 radical (unpaired) electrons. The van der Waals surface area contributed by atoms with Crippen LogP contribution in [0.4, 0.5) is 15.9 Å². The van der Waals surface area contributed by atoms with Crippen molar-refractivity contribution in [1.82, 2.24) is 30.2 Å². The number of nitrogens with zero attached hydrogens (tertiary/aromatic N) is 5. The molecular formula is C23H23FN8O. The molecule has 0 amide bonds. The highest BCUT2D eigenvalue weighted by atomic mass is 19.1. The largest absolute Gasteiger partial charge is 0.421 e. The summed E-state index contributed by atoms with van der Waals surface area (Å²) in [4.78, 5) is 23.7. The Bertz CT molecular complexity index is 1420. The average molecular weight is 446 g/mol. The third kappa shape index (κ3) is 2.61. The summed E-state index contributed by atoms with van der Waals surface area (Å²) in [5, 5.41) is 8.36. The molecule has 3 aliphatic rings. The van der Waals surface area contributed by atoms with Crippen molar-refractivity contribution >= 4 is 33.4 Å². The summed E-state index contributed by atoms with van der Waals surface area (Å²) < 4.78 is 21.3. The molecule has 9 nitrogen and oxygen atoms in total. The molecule has 33 heavy (non-hydrogen) atoms. The summed E-state index contributed by atoms with van der Waals surface area (Å²) in [6, 6.07) is 2.35. The quantitative estimate of drug-likeness (QED) is 0.441. The first-order valence-electron chi connectivity index (χ1n) is 11.3. The zero-order valence-corrected chi connectivity index (χ0v) is 18.3. The van der Waals surface area contributed by atoms with Gasteiger partial charge in [0.25, 0.3) is 0 Å². The number of piperidine rings is 1. The molecule has 168 valence electrons. The van der Waals surface area contributed by atoms with Crippen LogP contribution in [0.2, 0.25) is 0 Å². The van der Waals surface area contributed by atoms with Gasteiger partial charge in [0.2, 0.25) is 0 Å². The number of aromatic nitrogens is 5. The lowest BCUT2D eigenvalue weighted by molar-refractivity contribution is 0.157. The normalized spacial score (nSPS) is 23.2. The lowest BCUT2D eigenvalue weighted by Crippen LogP contribution is -2.70. The van der Waals surface area contributed by atoms with Gasteiger partial charge in [-0.2, -0.15) is 9.97 Å². The van der Waals surface area contributed by atoms with Gasteiger partial charge in [-0.1, -0.05) is 0 Å². The van der Waals surface area contributed by atoms with Gasteiger partial charge in [-0.05, 0) is 32.4 Å². The van der Waals surface area contributed by atoms with Gasteiger partial charge in [-0.3, -0.25) is 0 Å². The minimum Gasteiger partial charge on any atom is -0.421 e. The molecule has 0 aliphatic carbocycles. The number of aryl methyl sites for hydroxylation is 1. The van der Waals surface area contributed by atoms with Gasteiger partial charge in [-0.25, -0.2) is 14.4 Å². The van der Waals surface area contributed by atoms with Crippen molar-refractivity contribution < 1.29 is 9.13 Å². The molecule has 0 spiro atoms. The number of H-pyrrole nitrogens is 1. The van der Waals surface area contributed by atoms with Gasteiger partial charge >= 0.3 is 6.01 Å². The van der Waals surface area contributed by atoms with Crippen LogP contribution in [0.25, 0.3) is 21.9 Å². The first-order valence-corrected chi connectivity index (χ1v) is 11.3. The van der Waals surface area contributed by atoms with Crippen LogP contribution >= 0.6 is 0 Å². The van der Waals surface area contributed by atoms with E-state index in [1.54, 1.807) is 25.5 Å². The van der Waals surface area contributed by atoms with Crippen LogP contribution in [0.5, 0.6) is 11.8 Å². The number of halogens is 1. The molecule has 1 aromatic carbocycles. The molecular weight excluding hydrogens is 423 g/mol. The number of rotatable bonds is 3. The van der Waals surface area contributed by atoms with Crippen molar-refractivity contribution in [2.75, 3.05) is 30.4 Å². The van der Waals surface area contributed by atoms with Crippen LogP contribution in [0.3, 0.4) is 0 Å². The molecule has 3 N–H and O–H groups in total. The van der Waals surface area contributed by atoms with E-state index in [4.69, 9.17) is 9.72 Å². The smallest absolute Gasteiger partial charge is 0.326 e. The molecule has 3 aliphatic heterocycles. The van der Waals surface area contributed by atoms with E-state index in [2.05, 4.69) is 35.5 Å². The minimum atomic E-state index is -0.190. The number of fused-ring (bicyclic) bond motifs is 5. The zero-order valence-electron chi connectivity index (χ0n) is 18.3. The van der Waals surface area contributed by atoms with Gasteiger partial charge in [-0.15, -0.1) is 0 Å². The fraction of sp³-hybridized carbons (Fsp3) is 0.391. The Morgan fingerprint density at radius 1 is 1.18 bits per heavy atom. The third-order valence-electron chi connectivity index (χ3n) is 7.34. The number of hydrogen-bond donors (Lipinski definition) is 3.